The summed E-state index contributed by atoms with van der Waals surface area (Å²) in [6, 6.07) is 7.83. The van der Waals surface area contributed by atoms with E-state index in [0.29, 0.717) is 5.82 Å². The minimum Gasteiger partial charge on any atom is -0.352 e. The Kier molecular flexibility index (Phi) is 4.58. The van der Waals surface area contributed by atoms with Gasteiger partial charge in [-0.3, -0.25) is 4.79 Å². The van der Waals surface area contributed by atoms with Crippen molar-refractivity contribution in [2.75, 3.05) is 7.05 Å². The smallest absolute Gasteiger partial charge is 0.287 e. The van der Waals surface area contributed by atoms with Gasteiger partial charge in [0, 0.05) is 31.0 Å². The van der Waals surface area contributed by atoms with E-state index >= 15 is 0 Å². The van der Waals surface area contributed by atoms with E-state index in [9.17, 15) is 4.79 Å². The van der Waals surface area contributed by atoms with E-state index < -0.39 is 0 Å². The van der Waals surface area contributed by atoms with Crippen LogP contribution < -0.4 is 5.32 Å². The van der Waals surface area contributed by atoms with Gasteiger partial charge in [0.05, 0.1) is 0 Å². The highest BCUT2D eigenvalue weighted by Crippen LogP contribution is 2.11. The lowest BCUT2D eigenvalue weighted by Gasteiger charge is -2.07. The second kappa shape index (κ2) is 6.38. The molecule has 1 heterocycles. The molecule has 0 aliphatic carbocycles. The van der Waals surface area contributed by atoms with Gasteiger partial charge >= 0.3 is 0 Å². The number of carbonyl (C=O) groups is 1. The predicted molar refractivity (Wildman–Crippen MR) is 75.4 cm³/mol. The summed E-state index contributed by atoms with van der Waals surface area (Å²) in [5, 5.41) is 3.34. The molecular formula is C14H16ClN3O. The Labute approximate surface area is 117 Å². The third kappa shape index (κ3) is 3.58. The lowest BCUT2D eigenvalue weighted by Crippen LogP contribution is -2.22. The summed E-state index contributed by atoms with van der Waals surface area (Å²) in [5.74, 6) is 0.301. The lowest BCUT2D eigenvalue weighted by atomic mass is 10.1. The van der Waals surface area contributed by atoms with Gasteiger partial charge in [0.2, 0.25) is 0 Å². The highest BCUT2D eigenvalue weighted by molar-refractivity contribution is 6.30. The molecule has 4 nitrogen and oxygen atoms in total. The Hall–Kier alpha value is -1.81. The SMILES string of the molecule is CNC(=O)c1nccn1CCCc1ccc(Cl)cc1. The Morgan fingerprint density at radius 3 is 2.79 bits per heavy atom. The van der Waals surface area contributed by atoms with Gasteiger partial charge in [-0.2, -0.15) is 0 Å². The molecule has 0 spiro atoms. The van der Waals surface area contributed by atoms with Crippen molar-refractivity contribution in [1.82, 2.24) is 14.9 Å². The van der Waals surface area contributed by atoms with Crippen LogP contribution in [0.5, 0.6) is 0 Å². The van der Waals surface area contributed by atoms with E-state index in [4.69, 9.17) is 11.6 Å². The van der Waals surface area contributed by atoms with Crippen LogP contribution in [0.3, 0.4) is 0 Å². The molecule has 2 rings (SSSR count). The Bertz CT molecular complexity index is 548. The molecule has 1 amide bonds. The molecule has 1 aromatic heterocycles. The normalized spacial score (nSPS) is 10.4. The van der Waals surface area contributed by atoms with Crippen molar-refractivity contribution in [2.24, 2.45) is 0 Å². The molecule has 2 aromatic rings. The molecule has 0 saturated heterocycles. The van der Waals surface area contributed by atoms with Gasteiger partial charge in [0.1, 0.15) is 0 Å². The van der Waals surface area contributed by atoms with Crippen molar-refractivity contribution in [3.63, 3.8) is 0 Å². The number of aromatic nitrogens is 2. The van der Waals surface area contributed by atoms with Gasteiger partial charge in [-0.25, -0.2) is 4.98 Å². The van der Waals surface area contributed by atoms with Crippen LogP contribution in [0.2, 0.25) is 5.02 Å². The molecule has 0 saturated carbocycles. The van der Waals surface area contributed by atoms with E-state index in [1.54, 1.807) is 13.2 Å². The van der Waals surface area contributed by atoms with E-state index in [-0.39, 0.29) is 5.91 Å². The Balaban J connectivity index is 1.91. The fraction of sp³-hybridized carbons (Fsp3) is 0.286. The van der Waals surface area contributed by atoms with Gasteiger partial charge in [-0.1, -0.05) is 23.7 Å². The maximum Gasteiger partial charge on any atom is 0.287 e. The zero-order valence-corrected chi connectivity index (χ0v) is 11.5. The number of imidazole rings is 1. The average molecular weight is 278 g/mol. The van der Waals surface area contributed by atoms with Crippen molar-refractivity contribution in [1.29, 1.82) is 0 Å². The van der Waals surface area contributed by atoms with Crippen molar-refractivity contribution in [3.05, 3.63) is 53.1 Å². The summed E-state index contributed by atoms with van der Waals surface area (Å²) >= 11 is 5.84. The zero-order chi connectivity index (χ0) is 13.7. The molecular weight excluding hydrogens is 262 g/mol. The van der Waals surface area contributed by atoms with Crippen LogP contribution in [0, 0.1) is 0 Å². The van der Waals surface area contributed by atoms with Crippen LogP contribution in [0.25, 0.3) is 0 Å². The third-order valence-corrected chi connectivity index (χ3v) is 3.18. The molecule has 0 bridgehead atoms. The van der Waals surface area contributed by atoms with Gasteiger partial charge in [0.15, 0.2) is 5.82 Å². The molecule has 0 aliphatic rings. The summed E-state index contributed by atoms with van der Waals surface area (Å²) in [6.07, 6.45) is 5.36. The van der Waals surface area contributed by atoms with Gasteiger partial charge in [-0.15, -0.1) is 0 Å². The first kappa shape index (κ1) is 13.6. The van der Waals surface area contributed by atoms with Crippen LogP contribution in [0.4, 0.5) is 0 Å². The number of nitrogens with zero attached hydrogens (tertiary/aromatic N) is 2. The fourth-order valence-electron chi connectivity index (χ4n) is 1.92. The molecule has 0 fully saturated rings. The summed E-state index contributed by atoms with van der Waals surface area (Å²) in [5.41, 5.74) is 1.24. The molecule has 100 valence electrons. The molecule has 1 aromatic carbocycles. The number of benzene rings is 1. The number of hydrogen-bond donors (Lipinski definition) is 1. The van der Waals surface area contributed by atoms with Gasteiger partial charge in [-0.05, 0) is 30.5 Å². The standard InChI is InChI=1S/C14H16ClN3O/c1-16-14(19)13-17-8-10-18(13)9-2-3-11-4-6-12(15)7-5-11/h4-8,10H,2-3,9H2,1H3,(H,16,19). The number of nitrogens with one attached hydrogen (secondary N) is 1. The summed E-state index contributed by atoms with van der Waals surface area (Å²) < 4.78 is 1.87. The molecule has 0 atom stereocenters. The molecule has 5 heteroatoms. The molecule has 19 heavy (non-hydrogen) atoms. The highest BCUT2D eigenvalue weighted by atomic mass is 35.5. The van der Waals surface area contributed by atoms with Crippen molar-refractivity contribution < 1.29 is 4.79 Å². The average Bonchev–Trinajstić information content (AvgIpc) is 2.88. The highest BCUT2D eigenvalue weighted by Gasteiger charge is 2.09. The number of halogens is 1. The van der Waals surface area contributed by atoms with E-state index in [0.717, 1.165) is 24.4 Å². The van der Waals surface area contributed by atoms with Crippen LogP contribution in [0.15, 0.2) is 36.7 Å². The first-order valence-electron chi connectivity index (χ1n) is 6.18. The topological polar surface area (TPSA) is 46.9 Å². The second-order valence-corrected chi connectivity index (χ2v) is 4.69. The maximum atomic E-state index is 11.6. The summed E-state index contributed by atoms with van der Waals surface area (Å²) in [4.78, 5) is 15.6. The van der Waals surface area contributed by atoms with Gasteiger partial charge < -0.3 is 9.88 Å². The quantitative estimate of drug-likeness (QED) is 0.913. The summed E-state index contributed by atoms with van der Waals surface area (Å²) in [6.45, 7) is 0.769. The maximum absolute atomic E-state index is 11.6. The van der Waals surface area contributed by atoms with Crippen molar-refractivity contribution in [3.8, 4) is 0 Å². The second-order valence-electron chi connectivity index (χ2n) is 4.25. The third-order valence-electron chi connectivity index (χ3n) is 2.92. The number of carbonyl (C=O) groups excluding carboxylic acids is 1. The van der Waals surface area contributed by atoms with Crippen LogP contribution in [-0.4, -0.2) is 22.5 Å². The molecule has 1 N–H and O–H groups in total. The largest absolute Gasteiger partial charge is 0.352 e. The van der Waals surface area contributed by atoms with Crippen molar-refractivity contribution >= 4 is 17.5 Å². The molecule has 0 unspecified atom stereocenters. The monoisotopic (exact) mass is 277 g/mol. The first-order chi connectivity index (χ1) is 9.20. The Morgan fingerprint density at radius 1 is 1.37 bits per heavy atom. The van der Waals surface area contributed by atoms with Crippen LogP contribution >= 0.6 is 11.6 Å². The number of rotatable bonds is 5. The lowest BCUT2D eigenvalue weighted by molar-refractivity contribution is 0.0948. The predicted octanol–water partition coefficient (Wildman–Crippen LogP) is 2.53. The minimum absolute atomic E-state index is 0.156. The van der Waals surface area contributed by atoms with Gasteiger partial charge in [0.25, 0.3) is 5.91 Å². The van der Waals surface area contributed by atoms with Crippen LogP contribution in [-0.2, 0) is 13.0 Å². The molecule has 0 radical (unpaired) electrons. The zero-order valence-electron chi connectivity index (χ0n) is 10.8. The van der Waals surface area contributed by atoms with E-state index in [1.165, 1.54) is 5.56 Å². The van der Waals surface area contributed by atoms with E-state index in [1.807, 2.05) is 35.0 Å². The first-order valence-corrected chi connectivity index (χ1v) is 6.56. The van der Waals surface area contributed by atoms with Crippen LogP contribution in [0.1, 0.15) is 22.6 Å². The van der Waals surface area contributed by atoms with E-state index in [2.05, 4.69) is 10.3 Å². The number of amides is 1. The fourth-order valence-corrected chi connectivity index (χ4v) is 2.04. The molecule has 0 aliphatic heterocycles. The minimum atomic E-state index is -0.156. The van der Waals surface area contributed by atoms with Crippen molar-refractivity contribution in [2.45, 2.75) is 19.4 Å². The Morgan fingerprint density at radius 2 is 2.11 bits per heavy atom. The number of aryl methyl sites for hydroxylation is 2. The number of hydrogen-bond acceptors (Lipinski definition) is 2. The summed E-state index contributed by atoms with van der Waals surface area (Å²) in [7, 11) is 1.61.